The third-order valence-electron chi connectivity index (χ3n) is 2.92. The summed E-state index contributed by atoms with van der Waals surface area (Å²) in [5.74, 6) is 0. The monoisotopic (exact) mass is 276 g/mol. The van der Waals surface area contributed by atoms with Crippen molar-refractivity contribution in [3.8, 4) is 0 Å². The van der Waals surface area contributed by atoms with E-state index in [1.807, 2.05) is 36.4 Å². The normalized spacial score (nSPS) is 12.1. The first-order valence-corrected chi connectivity index (χ1v) is 6.53. The van der Waals surface area contributed by atoms with Crippen molar-refractivity contribution in [2.24, 2.45) is 0 Å². The van der Waals surface area contributed by atoms with Crippen LogP contribution in [0.2, 0.25) is 5.02 Å². The van der Waals surface area contributed by atoms with Crippen molar-refractivity contribution >= 4 is 23.0 Å². The first-order valence-electron chi connectivity index (χ1n) is 6.15. The Morgan fingerprint density at radius 2 is 1.89 bits per heavy atom. The van der Waals surface area contributed by atoms with E-state index in [1.54, 1.807) is 12.1 Å². The van der Waals surface area contributed by atoms with Crippen LogP contribution in [0.25, 0.3) is 0 Å². The van der Waals surface area contributed by atoms with Gasteiger partial charge < -0.3 is 16.2 Å². The number of anilines is 2. The van der Waals surface area contributed by atoms with E-state index in [1.165, 1.54) is 5.56 Å². The molecule has 1 atom stereocenters. The number of benzene rings is 2. The Bertz CT molecular complexity index is 531. The van der Waals surface area contributed by atoms with Gasteiger partial charge in [0.05, 0.1) is 24.0 Å². The molecule has 3 nitrogen and oxygen atoms in total. The van der Waals surface area contributed by atoms with Gasteiger partial charge in [0, 0.05) is 5.02 Å². The minimum atomic E-state index is -0.0779. The van der Waals surface area contributed by atoms with E-state index in [0.717, 1.165) is 12.1 Å². The number of aliphatic hydroxyl groups excluding tert-OH is 1. The molecule has 0 saturated heterocycles. The highest BCUT2D eigenvalue weighted by Crippen LogP contribution is 2.23. The summed E-state index contributed by atoms with van der Waals surface area (Å²) in [6, 6.07) is 15.2. The maximum atomic E-state index is 9.46. The second kappa shape index (κ2) is 6.45. The lowest BCUT2D eigenvalue weighted by Gasteiger charge is -2.19. The number of halogens is 1. The van der Waals surface area contributed by atoms with Crippen LogP contribution in [0.3, 0.4) is 0 Å². The van der Waals surface area contributed by atoms with Crippen LogP contribution < -0.4 is 11.1 Å². The molecule has 2 aromatic carbocycles. The number of aliphatic hydroxyl groups is 1. The van der Waals surface area contributed by atoms with E-state index in [2.05, 4.69) is 5.32 Å². The van der Waals surface area contributed by atoms with Crippen molar-refractivity contribution in [2.45, 2.75) is 12.5 Å². The fourth-order valence-electron chi connectivity index (χ4n) is 1.94. The zero-order chi connectivity index (χ0) is 13.7. The van der Waals surface area contributed by atoms with E-state index < -0.39 is 0 Å². The summed E-state index contributed by atoms with van der Waals surface area (Å²) in [5, 5.41) is 13.3. The second-order valence-corrected chi connectivity index (χ2v) is 4.88. The molecule has 19 heavy (non-hydrogen) atoms. The van der Waals surface area contributed by atoms with Gasteiger partial charge in [0.25, 0.3) is 0 Å². The van der Waals surface area contributed by atoms with Crippen LogP contribution in [0, 0.1) is 0 Å². The molecular formula is C15H17ClN2O. The van der Waals surface area contributed by atoms with Gasteiger partial charge in [0.15, 0.2) is 0 Å². The van der Waals surface area contributed by atoms with E-state index >= 15 is 0 Å². The lowest BCUT2D eigenvalue weighted by Crippen LogP contribution is -2.26. The molecule has 100 valence electrons. The molecular weight excluding hydrogens is 260 g/mol. The average molecular weight is 277 g/mol. The molecule has 0 aliphatic carbocycles. The minimum Gasteiger partial charge on any atom is -0.397 e. The van der Waals surface area contributed by atoms with Crippen LogP contribution in [-0.4, -0.2) is 17.8 Å². The number of nitrogens with one attached hydrogen (secondary N) is 1. The smallest absolute Gasteiger partial charge is 0.0636 e. The maximum absolute atomic E-state index is 9.46. The molecule has 0 amide bonds. The molecule has 0 aliphatic heterocycles. The van der Waals surface area contributed by atoms with Crippen molar-refractivity contribution in [1.29, 1.82) is 0 Å². The molecule has 0 bridgehead atoms. The van der Waals surface area contributed by atoms with Gasteiger partial charge in [-0.1, -0.05) is 41.9 Å². The van der Waals surface area contributed by atoms with Crippen LogP contribution in [-0.2, 0) is 6.42 Å². The Kier molecular flexibility index (Phi) is 4.66. The quantitative estimate of drug-likeness (QED) is 0.736. The molecule has 0 aromatic heterocycles. The van der Waals surface area contributed by atoms with Crippen molar-refractivity contribution in [3.63, 3.8) is 0 Å². The standard InChI is InChI=1S/C15H17ClN2O/c16-12-6-7-15(14(17)9-12)18-13(10-19)8-11-4-2-1-3-5-11/h1-7,9,13,18-19H,8,10,17H2. The Hall–Kier alpha value is -1.71. The minimum absolute atomic E-state index is 0.0387. The average Bonchev–Trinajstić information content (AvgIpc) is 2.42. The topological polar surface area (TPSA) is 58.3 Å². The van der Waals surface area contributed by atoms with E-state index in [4.69, 9.17) is 17.3 Å². The first-order chi connectivity index (χ1) is 9.19. The highest BCUT2D eigenvalue weighted by atomic mass is 35.5. The van der Waals surface area contributed by atoms with Crippen LogP contribution in [0.5, 0.6) is 0 Å². The molecule has 0 saturated carbocycles. The molecule has 0 fully saturated rings. The lowest BCUT2D eigenvalue weighted by atomic mass is 10.1. The van der Waals surface area contributed by atoms with Gasteiger partial charge in [-0.2, -0.15) is 0 Å². The van der Waals surface area contributed by atoms with Crippen LogP contribution >= 0.6 is 11.6 Å². The van der Waals surface area contributed by atoms with E-state index in [9.17, 15) is 5.11 Å². The molecule has 0 radical (unpaired) electrons. The molecule has 2 aromatic rings. The number of rotatable bonds is 5. The predicted octanol–water partition coefficient (Wildman–Crippen LogP) is 2.94. The largest absolute Gasteiger partial charge is 0.397 e. The molecule has 1 unspecified atom stereocenters. The summed E-state index contributed by atoms with van der Waals surface area (Å²) in [5.41, 5.74) is 8.43. The Balaban J connectivity index is 2.06. The molecule has 0 heterocycles. The zero-order valence-electron chi connectivity index (χ0n) is 10.5. The summed E-state index contributed by atoms with van der Waals surface area (Å²) in [6.45, 7) is 0.0387. The molecule has 0 spiro atoms. The fraction of sp³-hybridized carbons (Fsp3) is 0.200. The molecule has 4 N–H and O–H groups in total. The van der Waals surface area contributed by atoms with Gasteiger partial charge in [-0.15, -0.1) is 0 Å². The predicted molar refractivity (Wildman–Crippen MR) is 80.5 cm³/mol. The third-order valence-corrected chi connectivity index (χ3v) is 3.15. The summed E-state index contributed by atoms with van der Waals surface area (Å²) < 4.78 is 0. The Morgan fingerprint density at radius 1 is 1.16 bits per heavy atom. The molecule has 0 aliphatic rings. The number of nitrogen functional groups attached to an aromatic ring is 1. The lowest BCUT2D eigenvalue weighted by molar-refractivity contribution is 0.274. The van der Waals surface area contributed by atoms with Gasteiger partial charge in [0.1, 0.15) is 0 Å². The fourth-order valence-corrected chi connectivity index (χ4v) is 2.13. The van der Waals surface area contributed by atoms with Gasteiger partial charge in [-0.25, -0.2) is 0 Å². The SMILES string of the molecule is Nc1cc(Cl)ccc1NC(CO)Cc1ccccc1. The van der Waals surface area contributed by atoms with Gasteiger partial charge in [0.2, 0.25) is 0 Å². The Labute approximate surface area is 118 Å². The van der Waals surface area contributed by atoms with Crippen LogP contribution in [0.4, 0.5) is 11.4 Å². The number of hydrogen-bond donors (Lipinski definition) is 3. The van der Waals surface area contributed by atoms with Gasteiger partial charge in [-0.05, 0) is 30.2 Å². The second-order valence-electron chi connectivity index (χ2n) is 4.45. The maximum Gasteiger partial charge on any atom is 0.0636 e. The summed E-state index contributed by atoms with van der Waals surface area (Å²) in [6.07, 6.45) is 0.736. The summed E-state index contributed by atoms with van der Waals surface area (Å²) in [7, 11) is 0. The Morgan fingerprint density at radius 3 is 2.53 bits per heavy atom. The number of hydrogen-bond acceptors (Lipinski definition) is 3. The van der Waals surface area contributed by atoms with Crippen LogP contribution in [0.15, 0.2) is 48.5 Å². The zero-order valence-corrected chi connectivity index (χ0v) is 11.3. The van der Waals surface area contributed by atoms with Crippen molar-refractivity contribution in [3.05, 3.63) is 59.1 Å². The third kappa shape index (κ3) is 3.88. The highest BCUT2D eigenvalue weighted by molar-refractivity contribution is 6.31. The molecule has 4 heteroatoms. The van der Waals surface area contributed by atoms with Crippen LogP contribution in [0.1, 0.15) is 5.56 Å². The van der Waals surface area contributed by atoms with Crippen molar-refractivity contribution in [2.75, 3.05) is 17.7 Å². The van der Waals surface area contributed by atoms with E-state index in [0.29, 0.717) is 10.7 Å². The van der Waals surface area contributed by atoms with Gasteiger partial charge >= 0.3 is 0 Å². The number of nitrogens with two attached hydrogens (primary N) is 1. The summed E-state index contributed by atoms with van der Waals surface area (Å²) >= 11 is 5.86. The molecule has 2 rings (SSSR count). The first kappa shape index (κ1) is 13.7. The van der Waals surface area contributed by atoms with Crippen molar-refractivity contribution < 1.29 is 5.11 Å². The highest BCUT2D eigenvalue weighted by Gasteiger charge is 2.10. The summed E-state index contributed by atoms with van der Waals surface area (Å²) in [4.78, 5) is 0. The van der Waals surface area contributed by atoms with Gasteiger partial charge in [-0.3, -0.25) is 0 Å². The van der Waals surface area contributed by atoms with E-state index in [-0.39, 0.29) is 12.6 Å². The van der Waals surface area contributed by atoms with Crippen molar-refractivity contribution in [1.82, 2.24) is 0 Å².